The number of carbonyl (C=O) groups is 3. The molecule has 0 fully saturated rings. The van der Waals surface area contributed by atoms with Crippen LogP contribution in [0.5, 0.6) is 0 Å². The Hall–Kier alpha value is -2.90. The molecule has 4 N–H and O–H groups in total. The van der Waals surface area contributed by atoms with Gasteiger partial charge in [0.15, 0.2) is 0 Å². The summed E-state index contributed by atoms with van der Waals surface area (Å²) in [6, 6.07) is 4.76. The number of rotatable bonds is 9. The van der Waals surface area contributed by atoms with Gasteiger partial charge in [-0.2, -0.15) is 0 Å². The summed E-state index contributed by atoms with van der Waals surface area (Å²) in [5, 5.41) is 11.9. The van der Waals surface area contributed by atoms with Crippen LogP contribution < -0.4 is 11.1 Å². The maximum absolute atomic E-state index is 13.0. The van der Waals surface area contributed by atoms with Crippen LogP contribution in [-0.2, 0) is 4.79 Å². The monoisotopic (exact) mass is 369 g/mol. The molecule has 0 saturated heterocycles. The molecule has 1 aromatic rings. The van der Waals surface area contributed by atoms with Crippen LogP contribution in [0.25, 0.3) is 0 Å². The van der Waals surface area contributed by atoms with Gasteiger partial charge in [0, 0.05) is 0 Å². The Morgan fingerprint density at radius 3 is 2.74 bits per heavy atom. The number of anilines is 1. The van der Waals surface area contributed by atoms with Crippen molar-refractivity contribution in [3.8, 4) is 0 Å². The van der Waals surface area contributed by atoms with Gasteiger partial charge in [-0.15, -0.1) is 0 Å². The zero-order valence-electron chi connectivity index (χ0n) is 15.6. The molecule has 1 aliphatic heterocycles. The number of amides is 3. The van der Waals surface area contributed by atoms with Gasteiger partial charge in [0.2, 0.25) is 5.91 Å². The average molecular weight is 369 g/mol. The van der Waals surface area contributed by atoms with Crippen molar-refractivity contribution in [3.63, 3.8) is 0 Å². The summed E-state index contributed by atoms with van der Waals surface area (Å²) >= 11 is 0. The third-order valence-electron chi connectivity index (χ3n) is 4.53. The Balaban J connectivity index is 2.25. The maximum atomic E-state index is 13.0. The molecule has 142 valence electrons. The molecular formula is C19H24BN3O4. The molecule has 1 unspecified atom stereocenters. The molecule has 27 heavy (non-hydrogen) atoms. The number of fused-ring (bicyclic) bond motifs is 1. The van der Waals surface area contributed by atoms with Crippen LogP contribution >= 0.6 is 0 Å². The number of nitrogens with two attached hydrogens (primary N) is 1. The van der Waals surface area contributed by atoms with Gasteiger partial charge >= 0.3 is 142 Å². The van der Waals surface area contributed by atoms with E-state index in [0.29, 0.717) is 36.2 Å². The molecule has 0 aromatic heterocycles. The number of hydrogen-bond donors (Lipinski definition) is 3. The summed E-state index contributed by atoms with van der Waals surface area (Å²) < 4.78 is 0. The molecule has 1 heterocycles. The Bertz CT molecular complexity index is 804. The van der Waals surface area contributed by atoms with E-state index in [0.717, 1.165) is 12.7 Å². The third kappa shape index (κ3) is 4.64. The second-order valence-corrected chi connectivity index (χ2v) is 6.48. The summed E-state index contributed by atoms with van der Waals surface area (Å²) in [6.45, 7) is 4.21. The van der Waals surface area contributed by atoms with E-state index in [1.807, 2.05) is 13.8 Å². The van der Waals surface area contributed by atoms with Crippen molar-refractivity contribution in [1.82, 2.24) is 4.90 Å². The molecule has 0 bridgehead atoms. The van der Waals surface area contributed by atoms with Gasteiger partial charge in [-0.05, 0) is 0 Å². The molecule has 7 nitrogen and oxygen atoms in total. The number of carbonyl (C=O) groups excluding carboxylic acids is 3. The zero-order chi connectivity index (χ0) is 20.0. The van der Waals surface area contributed by atoms with Crippen molar-refractivity contribution < 1.29 is 19.4 Å². The summed E-state index contributed by atoms with van der Waals surface area (Å²) in [7, 11) is 0.945. The van der Waals surface area contributed by atoms with E-state index in [4.69, 9.17) is 10.8 Å². The number of nitrogens with zero attached hydrogens (tertiary/aromatic N) is 1. The Kier molecular flexibility index (Phi) is 6.93. The topological polar surface area (TPSA) is 113 Å². The van der Waals surface area contributed by atoms with Gasteiger partial charge in [0.1, 0.15) is 0 Å². The number of nitrogens with one attached hydrogen (secondary N) is 1. The Morgan fingerprint density at radius 1 is 1.37 bits per heavy atom. The molecule has 1 aromatic carbocycles. The van der Waals surface area contributed by atoms with Crippen molar-refractivity contribution in [1.29, 1.82) is 0 Å². The van der Waals surface area contributed by atoms with Crippen LogP contribution in [0, 0.1) is 0 Å². The summed E-state index contributed by atoms with van der Waals surface area (Å²) in [5.74, 6) is 0.358. The molecule has 1 atom stereocenters. The minimum absolute atomic E-state index is 0.124. The molecule has 0 spiro atoms. The predicted octanol–water partition coefficient (Wildman–Crippen LogP) is 1.10. The van der Waals surface area contributed by atoms with Crippen LogP contribution in [0.4, 0.5) is 5.69 Å². The van der Waals surface area contributed by atoms with E-state index >= 15 is 0 Å². The van der Waals surface area contributed by atoms with Crippen molar-refractivity contribution in [2.75, 3.05) is 11.9 Å². The van der Waals surface area contributed by atoms with Gasteiger partial charge in [-0.3, -0.25) is 4.79 Å². The van der Waals surface area contributed by atoms with Crippen LogP contribution in [0.3, 0.4) is 0 Å². The number of imide groups is 1. The molecule has 0 radical (unpaired) electrons. The molecule has 2 rings (SSSR count). The predicted molar refractivity (Wildman–Crippen MR) is 106 cm³/mol. The van der Waals surface area contributed by atoms with Crippen LogP contribution in [0.1, 0.15) is 53.8 Å². The van der Waals surface area contributed by atoms with Crippen LogP contribution in [0.2, 0.25) is 0 Å². The molecular weight excluding hydrogens is 345 g/mol. The first-order valence-electron chi connectivity index (χ1n) is 8.90. The van der Waals surface area contributed by atoms with Crippen molar-refractivity contribution in [2.45, 2.75) is 39.2 Å². The molecule has 8 heteroatoms. The molecule has 3 amide bonds. The van der Waals surface area contributed by atoms with Gasteiger partial charge in [-0.1, -0.05) is 0 Å². The number of benzene rings is 1. The molecule has 0 saturated carbocycles. The standard InChI is InChI=1S/C19H24BN3O4/c1-3-13(7-8-16(21)24)23-18(25)14-5-4-6-15(17(14)19(23)26)22-11-12(2)9-10-20-27/h4-6,9-10,13,22,27H,3,7-8,11H2,1-2H3,(H2,21,24)/b12-9+. The number of hydrogen-bond acceptors (Lipinski definition) is 5. The van der Waals surface area contributed by atoms with E-state index < -0.39 is 5.91 Å². The molecule has 0 aliphatic carbocycles. The normalized spacial score (nSPS) is 15.0. The number of primary amides is 1. The van der Waals surface area contributed by atoms with Gasteiger partial charge in [0.05, 0.1) is 0 Å². The fourth-order valence-corrected chi connectivity index (χ4v) is 3.11. The second kappa shape index (κ2) is 9.16. The van der Waals surface area contributed by atoms with E-state index in [2.05, 4.69) is 5.32 Å². The summed E-state index contributed by atoms with van der Waals surface area (Å²) in [5.41, 5.74) is 7.45. The minimum atomic E-state index is -0.452. The fourth-order valence-electron chi connectivity index (χ4n) is 3.11. The van der Waals surface area contributed by atoms with E-state index in [1.54, 1.807) is 24.3 Å². The van der Waals surface area contributed by atoms with Gasteiger partial charge in [0.25, 0.3) is 0 Å². The average Bonchev–Trinajstić information content (AvgIpc) is 2.90. The SMILES string of the molecule is CCC(CCC(N)=O)N1C(=O)c2cccc(NC/C(C)=C/C=BO)c2C1=O. The number of allylic oxidation sites excluding steroid dienone is 1. The summed E-state index contributed by atoms with van der Waals surface area (Å²) in [6.07, 6.45) is 2.78. The van der Waals surface area contributed by atoms with E-state index in [-0.39, 0.29) is 24.3 Å². The van der Waals surface area contributed by atoms with Crippen molar-refractivity contribution >= 4 is 36.5 Å². The van der Waals surface area contributed by atoms with Crippen molar-refractivity contribution in [2.24, 2.45) is 5.73 Å². The first-order chi connectivity index (χ1) is 12.9. The molecule has 1 aliphatic rings. The Labute approximate surface area is 159 Å². The van der Waals surface area contributed by atoms with E-state index in [9.17, 15) is 14.4 Å². The zero-order valence-corrected chi connectivity index (χ0v) is 15.6. The Morgan fingerprint density at radius 2 is 2.11 bits per heavy atom. The fraction of sp³-hybridized carbons (Fsp3) is 0.368. The third-order valence-corrected chi connectivity index (χ3v) is 4.53. The van der Waals surface area contributed by atoms with E-state index in [1.165, 1.54) is 10.9 Å². The van der Waals surface area contributed by atoms with Crippen LogP contribution in [0.15, 0.2) is 29.8 Å². The first kappa shape index (κ1) is 20.4. The van der Waals surface area contributed by atoms with Gasteiger partial charge < -0.3 is 5.73 Å². The first-order valence-corrected chi connectivity index (χ1v) is 8.90. The quantitative estimate of drug-likeness (QED) is 0.446. The van der Waals surface area contributed by atoms with Crippen molar-refractivity contribution in [3.05, 3.63) is 41.0 Å². The summed E-state index contributed by atoms with van der Waals surface area (Å²) in [4.78, 5) is 38.1. The van der Waals surface area contributed by atoms with Gasteiger partial charge in [-0.25, -0.2) is 0 Å². The second-order valence-electron chi connectivity index (χ2n) is 6.48. The van der Waals surface area contributed by atoms with Crippen LogP contribution in [-0.4, -0.2) is 53.3 Å².